The Morgan fingerprint density at radius 1 is 0.970 bits per heavy atom. The number of rotatable bonds is 7. The number of benzene rings is 1. The van der Waals surface area contributed by atoms with E-state index in [-0.39, 0.29) is 11.4 Å². The van der Waals surface area contributed by atoms with Crippen molar-refractivity contribution in [2.75, 3.05) is 18.5 Å². The second-order valence-electron chi connectivity index (χ2n) is 7.96. The van der Waals surface area contributed by atoms with E-state index in [1.165, 1.54) is 18.2 Å². The average molecular weight is 476 g/mol. The van der Waals surface area contributed by atoms with Crippen LogP contribution in [0.3, 0.4) is 0 Å². The summed E-state index contributed by atoms with van der Waals surface area (Å²) in [5, 5.41) is 84.0. The van der Waals surface area contributed by atoms with Crippen molar-refractivity contribution in [3.63, 3.8) is 0 Å². The normalized spacial score (nSPS) is 39.3. The van der Waals surface area contributed by atoms with Crippen molar-refractivity contribution in [2.24, 2.45) is 0 Å². The molecule has 0 radical (unpaired) electrons. The Hall–Kier alpha value is -1.98. The van der Waals surface area contributed by atoms with Crippen LogP contribution in [0.5, 0.6) is 0 Å². The molecular weight excluding hydrogens is 448 g/mol. The van der Waals surface area contributed by atoms with Gasteiger partial charge in [0, 0.05) is 17.3 Å². The maximum Gasteiger partial charge on any atom is 0.274 e. The van der Waals surface area contributed by atoms with Gasteiger partial charge in [-0.2, -0.15) is 0 Å². The first-order valence-electron chi connectivity index (χ1n) is 10.2. The van der Waals surface area contributed by atoms with Crippen molar-refractivity contribution in [2.45, 2.75) is 68.3 Å². The van der Waals surface area contributed by atoms with E-state index in [9.17, 15) is 45.9 Å². The Morgan fingerprint density at radius 2 is 1.64 bits per heavy atom. The lowest BCUT2D eigenvalue weighted by Gasteiger charge is -2.46. The fourth-order valence-corrected chi connectivity index (χ4v) is 3.77. The summed E-state index contributed by atoms with van der Waals surface area (Å²) in [7, 11) is 0. The molecule has 10 atom stereocenters. The fraction of sp³-hybridized carbons (Fsp3) is 0.684. The van der Waals surface area contributed by atoms with E-state index in [2.05, 4.69) is 5.32 Å². The standard InChI is InChI=1S/C19H28N2O12/c1-7-2-3-8(4-9(7)21(29)30)20-18-15(27)14(26)17(11(6-23)31-18)33-19-16(28)13(25)12(24)10(5-22)32-19/h2-4,10-20,22-28H,5-6H2,1H3/t10-,11+,12-,13+,14+,15-,16-,17+,18-,19+/m0/s1. The molecule has 3 rings (SSSR count). The van der Waals surface area contributed by atoms with Crippen LogP contribution in [0, 0.1) is 17.0 Å². The summed E-state index contributed by atoms with van der Waals surface area (Å²) in [6, 6.07) is 4.22. The molecule has 8 N–H and O–H groups in total. The highest BCUT2D eigenvalue weighted by molar-refractivity contribution is 5.55. The molecule has 0 saturated carbocycles. The van der Waals surface area contributed by atoms with Gasteiger partial charge in [0.05, 0.1) is 18.1 Å². The van der Waals surface area contributed by atoms with Crippen molar-refractivity contribution in [3.05, 3.63) is 33.9 Å². The SMILES string of the molecule is Cc1ccc(N[C@H]2O[C@H](CO)[C@@H](O[C@H]3O[C@@H](CO)[C@H](O)[C@@H](O)[C@@H]3O)[C@H](O)[C@@H]2O)cc1[N+](=O)[O-]. The zero-order valence-electron chi connectivity index (χ0n) is 17.5. The number of nitro benzene ring substituents is 1. The van der Waals surface area contributed by atoms with Gasteiger partial charge in [-0.05, 0) is 13.0 Å². The molecule has 0 aliphatic carbocycles. The molecule has 2 heterocycles. The largest absolute Gasteiger partial charge is 0.394 e. The lowest BCUT2D eigenvalue weighted by molar-refractivity contribution is -0.385. The highest BCUT2D eigenvalue weighted by atomic mass is 16.7. The van der Waals surface area contributed by atoms with Crippen LogP contribution in [0.15, 0.2) is 18.2 Å². The Bertz CT molecular complexity index is 824. The maximum atomic E-state index is 11.2. The summed E-state index contributed by atoms with van der Waals surface area (Å²) in [5.41, 5.74) is 0.457. The van der Waals surface area contributed by atoms with Gasteiger partial charge in [0.1, 0.15) is 48.8 Å². The zero-order chi connectivity index (χ0) is 24.4. The number of aliphatic hydroxyl groups excluding tert-OH is 7. The molecule has 0 unspecified atom stereocenters. The van der Waals surface area contributed by atoms with E-state index in [1.807, 2.05) is 0 Å². The third kappa shape index (κ3) is 5.25. The third-order valence-electron chi connectivity index (χ3n) is 5.72. The Kier molecular flexibility index (Phi) is 8.17. The van der Waals surface area contributed by atoms with Crippen LogP contribution in [-0.2, 0) is 14.2 Å². The molecule has 0 bridgehead atoms. The Morgan fingerprint density at radius 3 is 2.24 bits per heavy atom. The molecule has 2 fully saturated rings. The van der Waals surface area contributed by atoms with E-state index in [0.29, 0.717) is 5.56 Å². The van der Waals surface area contributed by atoms with Gasteiger partial charge in [-0.25, -0.2) is 0 Å². The van der Waals surface area contributed by atoms with Gasteiger partial charge in [-0.15, -0.1) is 0 Å². The first kappa shape index (κ1) is 25.6. The predicted octanol–water partition coefficient (Wildman–Crippen LogP) is -3.06. The second kappa shape index (κ2) is 10.5. The van der Waals surface area contributed by atoms with Crippen molar-refractivity contribution in [1.29, 1.82) is 0 Å². The molecule has 1 aromatic rings. The number of ether oxygens (including phenoxy) is 3. The zero-order valence-corrected chi connectivity index (χ0v) is 17.5. The summed E-state index contributed by atoms with van der Waals surface area (Å²) in [6.07, 6.45) is -15.4. The van der Waals surface area contributed by atoms with Crippen LogP contribution in [0.4, 0.5) is 11.4 Å². The number of aliphatic hydroxyl groups is 7. The Labute approximate surface area is 187 Å². The number of anilines is 1. The molecule has 2 aliphatic rings. The minimum Gasteiger partial charge on any atom is -0.394 e. The quantitative estimate of drug-likeness (QED) is 0.145. The molecule has 186 valence electrons. The first-order valence-corrected chi connectivity index (χ1v) is 10.2. The summed E-state index contributed by atoms with van der Waals surface area (Å²) in [6.45, 7) is 0.160. The number of nitro groups is 1. The lowest BCUT2D eigenvalue weighted by atomic mass is 9.96. The summed E-state index contributed by atoms with van der Waals surface area (Å²) in [4.78, 5) is 10.6. The van der Waals surface area contributed by atoms with Crippen LogP contribution in [0.2, 0.25) is 0 Å². The van der Waals surface area contributed by atoms with Gasteiger partial charge in [0.25, 0.3) is 5.69 Å². The summed E-state index contributed by atoms with van der Waals surface area (Å²) >= 11 is 0. The van der Waals surface area contributed by atoms with E-state index in [0.717, 1.165) is 0 Å². The van der Waals surface area contributed by atoms with E-state index < -0.39 is 79.5 Å². The molecule has 0 aromatic heterocycles. The van der Waals surface area contributed by atoms with Gasteiger partial charge in [0.15, 0.2) is 12.5 Å². The number of hydrogen-bond donors (Lipinski definition) is 8. The van der Waals surface area contributed by atoms with E-state index in [1.54, 1.807) is 6.92 Å². The predicted molar refractivity (Wildman–Crippen MR) is 108 cm³/mol. The number of nitrogens with one attached hydrogen (secondary N) is 1. The number of nitrogens with zero attached hydrogens (tertiary/aromatic N) is 1. The monoisotopic (exact) mass is 476 g/mol. The van der Waals surface area contributed by atoms with Crippen molar-refractivity contribution >= 4 is 11.4 Å². The van der Waals surface area contributed by atoms with E-state index >= 15 is 0 Å². The molecule has 0 amide bonds. The van der Waals surface area contributed by atoms with Gasteiger partial charge < -0.3 is 55.3 Å². The molecule has 33 heavy (non-hydrogen) atoms. The van der Waals surface area contributed by atoms with Crippen LogP contribution in [0.25, 0.3) is 0 Å². The number of hydrogen-bond acceptors (Lipinski definition) is 13. The van der Waals surface area contributed by atoms with Crippen LogP contribution < -0.4 is 5.32 Å². The van der Waals surface area contributed by atoms with Crippen LogP contribution in [0.1, 0.15) is 5.56 Å². The molecule has 1 aromatic carbocycles. The van der Waals surface area contributed by atoms with E-state index in [4.69, 9.17) is 14.2 Å². The molecule has 2 saturated heterocycles. The fourth-order valence-electron chi connectivity index (χ4n) is 3.77. The maximum absolute atomic E-state index is 11.2. The highest BCUT2D eigenvalue weighted by Crippen LogP contribution is 2.30. The van der Waals surface area contributed by atoms with Crippen molar-refractivity contribution in [3.8, 4) is 0 Å². The Balaban J connectivity index is 1.74. The second-order valence-corrected chi connectivity index (χ2v) is 7.96. The topological polar surface area (TPSA) is 224 Å². The van der Waals surface area contributed by atoms with Crippen molar-refractivity contribution in [1.82, 2.24) is 0 Å². The van der Waals surface area contributed by atoms with Gasteiger partial charge in [0.2, 0.25) is 0 Å². The highest BCUT2D eigenvalue weighted by Gasteiger charge is 2.50. The lowest BCUT2D eigenvalue weighted by Crippen LogP contribution is -2.65. The van der Waals surface area contributed by atoms with Gasteiger partial charge >= 0.3 is 0 Å². The molecule has 0 spiro atoms. The molecule has 14 heteroatoms. The number of aryl methyl sites for hydroxylation is 1. The molecule has 14 nitrogen and oxygen atoms in total. The minimum atomic E-state index is -1.77. The molecular formula is C19H28N2O12. The summed E-state index contributed by atoms with van der Waals surface area (Å²) in [5.74, 6) is 0. The third-order valence-corrected chi connectivity index (χ3v) is 5.72. The van der Waals surface area contributed by atoms with Crippen molar-refractivity contribution < 1.29 is 54.9 Å². The van der Waals surface area contributed by atoms with Crippen LogP contribution in [-0.4, -0.2) is 115 Å². The smallest absolute Gasteiger partial charge is 0.274 e. The molecule has 2 aliphatic heterocycles. The minimum absolute atomic E-state index is 0.173. The van der Waals surface area contributed by atoms with Gasteiger partial charge in [-0.1, -0.05) is 6.07 Å². The van der Waals surface area contributed by atoms with Gasteiger partial charge in [-0.3, -0.25) is 10.1 Å². The van der Waals surface area contributed by atoms with Crippen LogP contribution >= 0.6 is 0 Å². The summed E-state index contributed by atoms with van der Waals surface area (Å²) < 4.78 is 16.3. The first-order chi connectivity index (χ1) is 15.6. The average Bonchev–Trinajstić information content (AvgIpc) is 2.79.